The first-order valence-corrected chi connectivity index (χ1v) is 6.69. The average Bonchev–Trinajstić information content (AvgIpc) is 3.23. The van der Waals surface area contributed by atoms with Crippen LogP contribution in [0, 0.1) is 0 Å². The second kappa shape index (κ2) is 6.23. The van der Waals surface area contributed by atoms with Crippen molar-refractivity contribution < 1.29 is 14.3 Å². The standard InChI is InChI=1S/C15H14N4O3/c20-9-11-4-1-3-10(17-11)8-16-15(21)13-7-12(18-19-13)14-5-2-6-22-14/h1-7,20H,8-9H2,(H,16,21)(H,18,19). The number of furan rings is 1. The van der Waals surface area contributed by atoms with Crippen LogP contribution in [-0.2, 0) is 13.2 Å². The molecule has 3 aromatic heterocycles. The van der Waals surface area contributed by atoms with Crippen molar-refractivity contribution in [3.05, 3.63) is 59.7 Å². The van der Waals surface area contributed by atoms with Gasteiger partial charge in [-0.2, -0.15) is 5.10 Å². The van der Waals surface area contributed by atoms with Crippen LogP contribution in [0.1, 0.15) is 21.9 Å². The lowest BCUT2D eigenvalue weighted by molar-refractivity contribution is 0.0945. The maximum absolute atomic E-state index is 12.1. The van der Waals surface area contributed by atoms with Crippen LogP contribution in [0.3, 0.4) is 0 Å². The van der Waals surface area contributed by atoms with E-state index in [1.165, 1.54) is 0 Å². The summed E-state index contributed by atoms with van der Waals surface area (Å²) in [6.07, 6.45) is 1.55. The van der Waals surface area contributed by atoms with Crippen molar-refractivity contribution in [1.29, 1.82) is 0 Å². The van der Waals surface area contributed by atoms with Gasteiger partial charge in [-0.05, 0) is 24.3 Å². The fourth-order valence-corrected chi connectivity index (χ4v) is 1.97. The molecule has 0 spiro atoms. The third-order valence-corrected chi connectivity index (χ3v) is 3.05. The van der Waals surface area contributed by atoms with Crippen LogP contribution in [0.4, 0.5) is 0 Å². The maximum Gasteiger partial charge on any atom is 0.272 e. The van der Waals surface area contributed by atoms with Gasteiger partial charge in [0.15, 0.2) is 11.5 Å². The molecular formula is C15H14N4O3. The van der Waals surface area contributed by atoms with Gasteiger partial charge in [0, 0.05) is 6.07 Å². The van der Waals surface area contributed by atoms with E-state index in [1.54, 1.807) is 42.7 Å². The third kappa shape index (κ3) is 3.04. The number of carbonyl (C=O) groups excluding carboxylic acids is 1. The van der Waals surface area contributed by atoms with Crippen LogP contribution in [0.5, 0.6) is 0 Å². The van der Waals surface area contributed by atoms with Crippen LogP contribution in [0.15, 0.2) is 47.1 Å². The number of rotatable bonds is 5. The van der Waals surface area contributed by atoms with E-state index in [0.29, 0.717) is 22.8 Å². The minimum absolute atomic E-state index is 0.131. The highest BCUT2D eigenvalue weighted by atomic mass is 16.3. The van der Waals surface area contributed by atoms with Crippen molar-refractivity contribution >= 4 is 5.91 Å². The average molecular weight is 298 g/mol. The van der Waals surface area contributed by atoms with Crippen molar-refractivity contribution in [3.63, 3.8) is 0 Å². The molecular weight excluding hydrogens is 284 g/mol. The fraction of sp³-hybridized carbons (Fsp3) is 0.133. The van der Waals surface area contributed by atoms with Gasteiger partial charge >= 0.3 is 0 Å². The Morgan fingerprint density at radius 1 is 1.27 bits per heavy atom. The summed E-state index contributed by atoms with van der Waals surface area (Å²) in [6.45, 7) is 0.128. The zero-order valence-corrected chi connectivity index (χ0v) is 11.6. The predicted octanol–water partition coefficient (Wildman–Crippen LogP) is 1.49. The smallest absolute Gasteiger partial charge is 0.272 e. The molecule has 0 radical (unpaired) electrons. The minimum atomic E-state index is -0.315. The topological polar surface area (TPSA) is 104 Å². The number of aliphatic hydroxyl groups is 1. The number of H-pyrrole nitrogens is 1. The Bertz CT molecular complexity index is 765. The number of carbonyl (C=O) groups is 1. The van der Waals surface area contributed by atoms with E-state index >= 15 is 0 Å². The van der Waals surface area contributed by atoms with Gasteiger partial charge in [0.2, 0.25) is 0 Å². The summed E-state index contributed by atoms with van der Waals surface area (Å²) in [4.78, 5) is 16.2. The van der Waals surface area contributed by atoms with Gasteiger partial charge in [0.1, 0.15) is 5.69 Å². The Hall–Kier alpha value is -2.93. The molecule has 7 heteroatoms. The van der Waals surface area contributed by atoms with E-state index in [2.05, 4.69) is 20.5 Å². The number of nitrogens with zero attached hydrogens (tertiary/aromatic N) is 2. The summed E-state index contributed by atoms with van der Waals surface area (Å²) in [6, 6.07) is 10.4. The molecule has 0 aromatic carbocycles. The zero-order valence-electron chi connectivity index (χ0n) is 11.6. The molecule has 0 fully saturated rings. The number of hydrogen-bond acceptors (Lipinski definition) is 5. The quantitative estimate of drug-likeness (QED) is 0.662. The molecule has 7 nitrogen and oxygen atoms in total. The molecule has 0 aliphatic carbocycles. The maximum atomic E-state index is 12.1. The van der Waals surface area contributed by atoms with Gasteiger partial charge in [-0.25, -0.2) is 0 Å². The van der Waals surface area contributed by atoms with E-state index < -0.39 is 0 Å². The summed E-state index contributed by atoms with van der Waals surface area (Å²) < 4.78 is 5.23. The van der Waals surface area contributed by atoms with E-state index in [-0.39, 0.29) is 24.8 Å². The third-order valence-electron chi connectivity index (χ3n) is 3.05. The van der Waals surface area contributed by atoms with Crippen molar-refractivity contribution in [3.8, 4) is 11.5 Å². The molecule has 0 aliphatic rings. The monoisotopic (exact) mass is 298 g/mol. The Balaban J connectivity index is 1.64. The Morgan fingerprint density at radius 3 is 2.91 bits per heavy atom. The first-order valence-electron chi connectivity index (χ1n) is 6.69. The summed E-state index contributed by atoms with van der Waals surface area (Å²) in [5.74, 6) is 0.300. The van der Waals surface area contributed by atoms with Gasteiger partial charge in [0.05, 0.1) is 30.8 Å². The minimum Gasteiger partial charge on any atom is -0.463 e. The molecule has 0 saturated heterocycles. The second-order valence-corrected chi connectivity index (χ2v) is 4.61. The van der Waals surface area contributed by atoms with Crippen LogP contribution in [-0.4, -0.2) is 26.2 Å². The molecule has 0 atom stereocenters. The highest BCUT2D eigenvalue weighted by Gasteiger charge is 2.12. The molecule has 1 amide bonds. The molecule has 0 aliphatic heterocycles. The number of aromatic amines is 1. The van der Waals surface area contributed by atoms with E-state index in [0.717, 1.165) is 0 Å². The Kier molecular flexibility index (Phi) is 3.97. The van der Waals surface area contributed by atoms with Crippen molar-refractivity contribution in [1.82, 2.24) is 20.5 Å². The Labute approximate surface area is 126 Å². The fourth-order valence-electron chi connectivity index (χ4n) is 1.97. The Morgan fingerprint density at radius 2 is 2.14 bits per heavy atom. The first-order chi connectivity index (χ1) is 10.8. The van der Waals surface area contributed by atoms with Crippen LogP contribution < -0.4 is 5.32 Å². The van der Waals surface area contributed by atoms with Gasteiger partial charge in [0.25, 0.3) is 5.91 Å². The number of amides is 1. The van der Waals surface area contributed by atoms with E-state index in [4.69, 9.17) is 9.52 Å². The summed E-state index contributed by atoms with van der Waals surface area (Å²) in [5.41, 5.74) is 2.13. The second-order valence-electron chi connectivity index (χ2n) is 4.61. The molecule has 3 heterocycles. The molecule has 112 valence electrons. The number of aromatic nitrogens is 3. The number of pyridine rings is 1. The molecule has 3 N–H and O–H groups in total. The number of aliphatic hydroxyl groups excluding tert-OH is 1. The molecule has 3 rings (SSSR count). The summed E-state index contributed by atoms with van der Waals surface area (Å²) >= 11 is 0. The van der Waals surface area contributed by atoms with Crippen LogP contribution in [0.2, 0.25) is 0 Å². The van der Waals surface area contributed by atoms with Gasteiger partial charge < -0.3 is 14.8 Å². The van der Waals surface area contributed by atoms with Crippen molar-refractivity contribution in [2.24, 2.45) is 0 Å². The van der Waals surface area contributed by atoms with Gasteiger partial charge in [-0.1, -0.05) is 6.07 Å². The lowest BCUT2D eigenvalue weighted by Crippen LogP contribution is -2.23. The number of nitrogens with one attached hydrogen (secondary N) is 2. The van der Waals surface area contributed by atoms with Crippen LogP contribution >= 0.6 is 0 Å². The predicted molar refractivity (Wildman–Crippen MR) is 77.6 cm³/mol. The molecule has 0 saturated carbocycles. The molecule has 0 bridgehead atoms. The number of hydrogen-bond donors (Lipinski definition) is 3. The summed E-state index contributed by atoms with van der Waals surface area (Å²) in [5, 5.41) is 18.5. The lowest BCUT2D eigenvalue weighted by Gasteiger charge is -2.04. The highest BCUT2D eigenvalue weighted by Crippen LogP contribution is 2.17. The largest absolute Gasteiger partial charge is 0.463 e. The SMILES string of the molecule is O=C(NCc1cccc(CO)n1)c1cc(-c2ccco2)[nH]n1. The summed E-state index contributed by atoms with van der Waals surface area (Å²) in [7, 11) is 0. The van der Waals surface area contributed by atoms with Crippen molar-refractivity contribution in [2.45, 2.75) is 13.2 Å². The highest BCUT2D eigenvalue weighted by molar-refractivity contribution is 5.93. The lowest BCUT2D eigenvalue weighted by atomic mass is 10.2. The zero-order chi connectivity index (χ0) is 15.4. The van der Waals surface area contributed by atoms with Crippen LogP contribution in [0.25, 0.3) is 11.5 Å². The molecule has 22 heavy (non-hydrogen) atoms. The normalized spacial score (nSPS) is 10.6. The van der Waals surface area contributed by atoms with Crippen molar-refractivity contribution in [2.75, 3.05) is 0 Å². The molecule has 0 unspecified atom stereocenters. The van der Waals surface area contributed by atoms with E-state index in [1.807, 2.05) is 0 Å². The molecule has 3 aromatic rings. The van der Waals surface area contributed by atoms with Gasteiger partial charge in [-0.3, -0.25) is 14.9 Å². The van der Waals surface area contributed by atoms with Gasteiger partial charge in [-0.15, -0.1) is 0 Å². The van der Waals surface area contributed by atoms with E-state index in [9.17, 15) is 4.79 Å². The first kappa shape index (κ1) is 14.0.